The highest BCUT2D eigenvalue weighted by molar-refractivity contribution is 5.95. The summed E-state index contributed by atoms with van der Waals surface area (Å²) in [5.41, 5.74) is 0. The first-order valence-electron chi connectivity index (χ1n) is 6.51. The van der Waals surface area contributed by atoms with E-state index in [0.717, 1.165) is 14.2 Å². The van der Waals surface area contributed by atoms with Gasteiger partial charge in [-0.1, -0.05) is 0 Å². The first-order chi connectivity index (χ1) is 12.1. The van der Waals surface area contributed by atoms with Gasteiger partial charge in [0.2, 0.25) is 12.2 Å². The van der Waals surface area contributed by atoms with Crippen LogP contribution in [0.25, 0.3) is 0 Å². The summed E-state index contributed by atoms with van der Waals surface area (Å²) in [6, 6.07) is 0. The number of carboxylic acids is 2. The predicted molar refractivity (Wildman–Crippen MR) is 77.3 cm³/mol. The molecule has 0 aromatic carbocycles. The number of carbonyl (C=O) groups excluding carboxylic acids is 4. The summed E-state index contributed by atoms with van der Waals surface area (Å²) in [6.07, 6.45) is -2.70. The molecule has 12 heteroatoms. The molecule has 0 aliphatic heterocycles. The highest BCUT2D eigenvalue weighted by Crippen LogP contribution is 2.08. The van der Waals surface area contributed by atoms with Gasteiger partial charge in [0.15, 0.2) is 0 Å². The molecule has 0 aliphatic rings. The minimum Gasteiger partial charge on any atom is -0.478 e. The number of esters is 4. The van der Waals surface area contributed by atoms with Gasteiger partial charge in [0.05, 0.1) is 14.2 Å². The molecule has 0 amide bonds. The molecule has 0 saturated heterocycles. The second-order valence-corrected chi connectivity index (χ2v) is 4.10. The average Bonchev–Trinajstić information content (AvgIpc) is 2.59. The molecule has 2 N–H and O–H groups in total. The van der Waals surface area contributed by atoms with Crippen LogP contribution < -0.4 is 0 Å². The van der Waals surface area contributed by atoms with Crippen LogP contribution in [0.4, 0.5) is 0 Å². The molecule has 26 heavy (non-hydrogen) atoms. The minimum absolute atomic E-state index is 0.486. The molecule has 0 aliphatic carbocycles. The maximum Gasteiger partial charge on any atom is 0.349 e. The lowest BCUT2D eigenvalue weighted by Crippen LogP contribution is -2.45. The molecule has 0 spiro atoms. The maximum absolute atomic E-state index is 11.5. The lowest BCUT2D eigenvalue weighted by atomic mass is 10.2. The van der Waals surface area contributed by atoms with Crippen molar-refractivity contribution in [2.45, 2.75) is 12.2 Å². The quantitative estimate of drug-likeness (QED) is 0.269. The van der Waals surface area contributed by atoms with E-state index in [4.69, 9.17) is 10.2 Å². The van der Waals surface area contributed by atoms with Crippen molar-refractivity contribution in [2.75, 3.05) is 14.2 Å². The monoisotopic (exact) mass is 374 g/mol. The standard InChI is InChI=1S/C14H14O12/c1-23-7(15)3-5-9(17)25-11(13(19)20)12(14(21)22)26-10(18)6-4-8(16)24-2/h3-6,11-12H,1-2H3,(H,19,20)(H,21,22)/b5-3+,6-4+/t11-,12-/m1/s1. The normalized spacial score (nSPS) is 12.8. The second-order valence-electron chi connectivity index (χ2n) is 4.10. The molecule has 0 radical (unpaired) electrons. The summed E-state index contributed by atoms with van der Waals surface area (Å²) in [5, 5.41) is 18.0. The predicted octanol–water partition coefficient (Wildman–Crippen LogP) is -1.56. The Balaban J connectivity index is 5.24. The Morgan fingerprint density at radius 1 is 0.615 bits per heavy atom. The van der Waals surface area contributed by atoms with Crippen LogP contribution in [0.1, 0.15) is 0 Å². The Labute approximate surface area is 145 Å². The van der Waals surface area contributed by atoms with E-state index in [1.807, 2.05) is 0 Å². The van der Waals surface area contributed by atoms with Gasteiger partial charge in [-0.15, -0.1) is 0 Å². The molecule has 0 heterocycles. The van der Waals surface area contributed by atoms with Crippen LogP contribution in [0, 0.1) is 0 Å². The van der Waals surface area contributed by atoms with Crippen LogP contribution in [0.5, 0.6) is 0 Å². The molecular weight excluding hydrogens is 360 g/mol. The molecular formula is C14H14O12. The second kappa shape index (κ2) is 11.0. The van der Waals surface area contributed by atoms with Crippen molar-refractivity contribution in [3.8, 4) is 0 Å². The van der Waals surface area contributed by atoms with Crippen molar-refractivity contribution in [1.82, 2.24) is 0 Å². The SMILES string of the molecule is COC(=O)/C=C/C(=O)O[C@@H](C(=O)O)[C@@H](OC(=O)/C=C/C(=O)OC)C(=O)O. The molecule has 0 fully saturated rings. The number of carbonyl (C=O) groups is 6. The zero-order chi connectivity index (χ0) is 20.3. The number of rotatable bonds is 9. The van der Waals surface area contributed by atoms with Crippen molar-refractivity contribution in [3.63, 3.8) is 0 Å². The fourth-order valence-corrected chi connectivity index (χ4v) is 1.22. The van der Waals surface area contributed by atoms with Crippen LogP contribution in [0.2, 0.25) is 0 Å². The minimum atomic E-state index is -2.43. The fourth-order valence-electron chi connectivity index (χ4n) is 1.22. The number of methoxy groups -OCH3 is 2. The lowest BCUT2D eigenvalue weighted by Gasteiger charge is -2.19. The van der Waals surface area contributed by atoms with Gasteiger partial charge in [0, 0.05) is 24.3 Å². The van der Waals surface area contributed by atoms with Gasteiger partial charge < -0.3 is 29.2 Å². The zero-order valence-corrected chi connectivity index (χ0v) is 13.4. The molecule has 0 unspecified atom stereocenters. The van der Waals surface area contributed by atoms with Gasteiger partial charge in [-0.2, -0.15) is 0 Å². The van der Waals surface area contributed by atoms with Crippen molar-refractivity contribution in [1.29, 1.82) is 0 Å². The number of carboxylic acid groups (broad SMARTS) is 2. The zero-order valence-electron chi connectivity index (χ0n) is 13.4. The Morgan fingerprint density at radius 3 is 1.12 bits per heavy atom. The van der Waals surface area contributed by atoms with E-state index in [1.54, 1.807) is 0 Å². The van der Waals surface area contributed by atoms with E-state index in [2.05, 4.69) is 18.9 Å². The van der Waals surface area contributed by atoms with Crippen LogP contribution in [-0.4, -0.2) is 72.5 Å². The Hall–Kier alpha value is -3.70. The highest BCUT2D eigenvalue weighted by atomic mass is 16.6. The average molecular weight is 374 g/mol. The Morgan fingerprint density at radius 2 is 0.885 bits per heavy atom. The van der Waals surface area contributed by atoms with E-state index in [9.17, 15) is 28.8 Å². The summed E-state index contributed by atoms with van der Waals surface area (Å²) >= 11 is 0. The molecule has 0 aromatic heterocycles. The largest absolute Gasteiger partial charge is 0.478 e. The molecule has 2 atom stereocenters. The van der Waals surface area contributed by atoms with Gasteiger partial charge >= 0.3 is 35.8 Å². The van der Waals surface area contributed by atoms with Gasteiger partial charge in [-0.3, -0.25) is 0 Å². The van der Waals surface area contributed by atoms with Crippen molar-refractivity contribution in [2.24, 2.45) is 0 Å². The third kappa shape index (κ3) is 8.24. The first-order valence-corrected chi connectivity index (χ1v) is 6.51. The van der Waals surface area contributed by atoms with Gasteiger partial charge in [-0.05, 0) is 0 Å². The van der Waals surface area contributed by atoms with Gasteiger partial charge in [-0.25, -0.2) is 28.8 Å². The van der Waals surface area contributed by atoms with E-state index < -0.39 is 48.0 Å². The summed E-state index contributed by atoms with van der Waals surface area (Å²) in [6.45, 7) is 0. The summed E-state index contributed by atoms with van der Waals surface area (Å²) in [7, 11) is 2.03. The third-order valence-electron chi connectivity index (χ3n) is 2.36. The van der Waals surface area contributed by atoms with Crippen LogP contribution in [0.3, 0.4) is 0 Å². The lowest BCUT2D eigenvalue weighted by molar-refractivity contribution is -0.184. The van der Waals surface area contributed by atoms with E-state index in [0.29, 0.717) is 24.3 Å². The molecule has 142 valence electrons. The molecule has 0 rings (SSSR count). The summed E-state index contributed by atoms with van der Waals surface area (Å²) in [5.74, 6) is -8.61. The molecule has 12 nitrogen and oxygen atoms in total. The number of hydrogen-bond donors (Lipinski definition) is 2. The van der Waals surface area contributed by atoms with E-state index in [1.165, 1.54) is 0 Å². The molecule has 0 aromatic rings. The van der Waals surface area contributed by atoms with Gasteiger partial charge in [0.25, 0.3) is 0 Å². The van der Waals surface area contributed by atoms with E-state index in [-0.39, 0.29) is 0 Å². The maximum atomic E-state index is 11.5. The van der Waals surface area contributed by atoms with Crippen molar-refractivity contribution in [3.05, 3.63) is 24.3 Å². The number of ether oxygens (including phenoxy) is 4. The summed E-state index contributed by atoms with van der Waals surface area (Å²) in [4.78, 5) is 66.8. The summed E-state index contributed by atoms with van der Waals surface area (Å²) < 4.78 is 17.1. The fraction of sp³-hybridized carbons (Fsp3) is 0.286. The Bertz CT molecular complexity index is 588. The third-order valence-corrected chi connectivity index (χ3v) is 2.36. The van der Waals surface area contributed by atoms with Crippen LogP contribution >= 0.6 is 0 Å². The number of hydrogen-bond acceptors (Lipinski definition) is 10. The van der Waals surface area contributed by atoms with E-state index >= 15 is 0 Å². The molecule has 0 bridgehead atoms. The number of aliphatic carboxylic acids is 2. The van der Waals surface area contributed by atoms with Gasteiger partial charge in [0.1, 0.15) is 0 Å². The first kappa shape index (κ1) is 22.3. The van der Waals surface area contributed by atoms with Crippen LogP contribution in [-0.2, 0) is 47.7 Å². The van der Waals surface area contributed by atoms with Crippen molar-refractivity contribution < 1.29 is 57.9 Å². The highest BCUT2D eigenvalue weighted by Gasteiger charge is 2.40. The van der Waals surface area contributed by atoms with Crippen molar-refractivity contribution >= 4 is 35.8 Å². The molecule has 0 saturated carbocycles. The Kier molecular flexibility index (Phi) is 9.40. The van der Waals surface area contributed by atoms with Crippen LogP contribution in [0.15, 0.2) is 24.3 Å². The topological polar surface area (TPSA) is 180 Å². The smallest absolute Gasteiger partial charge is 0.349 e.